The second-order valence-electron chi connectivity index (χ2n) is 5.48. The Morgan fingerprint density at radius 1 is 1.33 bits per heavy atom. The molecule has 1 aliphatic rings. The van der Waals surface area contributed by atoms with Gasteiger partial charge < -0.3 is 10.2 Å². The number of aryl methyl sites for hydroxylation is 1. The highest BCUT2D eigenvalue weighted by atomic mass is 15.3. The Kier molecular flexibility index (Phi) is 3.73. The van der Waals surface area contributed by atoms with Crippen molar-refractivity contribution in [2.24, 2.45) is 0 Å². The molecule has 1 fully saturated rings. The van der Waals surface area contributed by atoms with Gasteiger partial charge >= 0.3 is 0 Å². The van der Waals surface area contributed by atoms with Gasteiger partial charge in [-0.25, -0.2) is 9.97 Å². The van der Waals surface area contributed by atoms with E-state index in [1.165, 1.54) is 12.8 Å². The third kappa shape index (κ3) is 2.57. The van der Waals surface area contributed by atoms with Gasteiger partial charge in [0, 0.05) is 31.1 Å². The molecule has 1 aromatic rings. The van der Waals surface area contributed by atoms with E-state index < -0.39 is 0 Å². The van der Waals surface area contributed by atoms with Gasteiger partial charge in [-0.05, 0) is 33.6 Å². The van der Waals surface area contributed by atoms with E-state index in [9.17, 15) is 0 Å². The minimum absolute atomic E-state index is 0.211. The third-order valence-electron chi connectivity index (χ3n) is 3.61. The van der Waals surface area contributed by atoms with Crippen LogP contribution in [-0.4, -0.2) is 28.6 Å². The Balaban J connectivity index is 2.34. The van der Waals surface area contributed by atoms with Crippen LogP contribution in [0.5, 0.6) is 0 Å². The van der Waals surface area contributed by atoms with Gasteiger partial charge in [-0.1, -0.05) is 6.92 Å². The highest BCUT2D eigenvalue weighted by Crippen LogP contribution is 2.33. The summed E-state index contributed by atoms with van der Waals surface area (Å²) in [5.41, 5.74) is 0.211. The van der Waals surface area contributed by atoms with E-state index in [-0.39, 0.29) is 5.54 Å². The molecule has 18 heavy (non-hydrogen) atoms. The lowest BCUT2D eigenvalue weighted by Crippen LogP contribution is -2.38. The van der Waals surface area contributed by atoms with E-state index in [0.717, 1.165) is 37.0 Å². The summed E-state index contributed by atoms with van der Waals surface area (Å²) in [6.07, 6.45) is 3.35. The molecule has 1 saturated heterocycles. The second-order valence-corrected chi connectivity index (χ2v) is 5.48. The molecule has 1 aromatic heterocycles. The monoisotopic (exact) mass is 248 g/mol. The first-order chi connectivity index (χ1) is 8.56. The number of rotatable bonds is 4. The van der Waals surface area contributed by atoms with Crippen molar-refractivity contribution in [3.8, 4) is 0 Å². The molecule has 4 nitrogen and oxygen atoms in total. The van der Waals surface area contributed by atoms with Crippen molar-refractivity contribution in [3.63, 3.8) is 0 Å². The summed E-state index contributed by atoms with van der Waals surface area (Å²) in [6, 6.07) is 2.08. The molecule has 100 valence electrons. The fourth-order valence-corrected chi connectivity index (χ4v) is 2.58. The van der Waals surface area contributed by atoms with Crippen LogP contribution in [0.3, 0.4) is 0 Å². The van der Waals surface area contributed by atoms with E-state index in [4.69, 9.17) is 0 Å². The van der Waals surface area contributed by atoms with Crippen molar-refractivity contribution in [1.82, 2.24) is 9.97 Å². The molecule has 0 bridgehead atoms. The summed E-state index contributed by atoms with van der Waals surface area (Å²) in [5.74, 6) is 2.94. The van der Waals surface area contributed by atoms with Gasteiger partial charge in [-0.3, -0.25) is 0 Å². The van der Waals surface area contributed by atoms with Crippen LogP contribution >= 0.6 is 0 Å². The molecular weight excluding hydrogens is 224 g/mol. The average Bonchev–Trinajstić information content (AvgIpc) is 2.69. The van der Waals surface area contributed by atoms with Crippen LogP contribution in [0.1, 0.15) is 46.4 Å². The number of anilines is 2. The number of nitrogens with zero attached hydrogens (tertiary/aromatic N) is 3. The number of aromatic nitrogens is 2. The summed E-state index contributed by atoms with van der Waals surface area (Å²) >= 11 is 0. The molecule has 2 rings (SSSR count). The number of hydrogen-bond acceptors (Lipinski definition) is 4. The molecule has 0 aromatic carbocycles. The van der Waals surface area contributed by atoms with Crippen molar-refractivity contribution in [2.75, 3.05) is 23.3 Å². The topological polar surface area (TPSA) is 41.0 Å². The molecule has 0 aliphatic carbocycles. The average molecular weight is 248 g/mol. The summed E-state index contributed by atoms with van der Waals surface area (Å²) in [7, 11) is 0. The van der Waals surface area contributed by atoms with Crippen LogP contribution in [-0.2, 0) is 6.42 Å². The van der Waals surface area contributed by atoms with Crippen molar-refractivity contribution in [3.05, 3.63) is 11.9 Å². The van der Waals surface area contributed by atoms with Gasteiger partial charge in [0.1, 0.15) is 17.5 Å². The van der Waals surface area contributed by atoms with E-state index in [0.29, 0.717) is 0 Å². The lowest BCUT2D eigenvalue weighted by molar-refractivity contribution is 0.513. The zero-order valence-electron chi connectivity index (χ0n) is 12.0. The molecule has 0 saturated carbocycles. The maximum Gasteiger partial charge on any atom is 0.134 e. The molecule has 0 spiro atoms. The van der Waals surface area contributed by atoms with Crippen molar-refractivity contribution in [1.29, 1.82) is 0 Å². The smallest absolute Gasteiger partial charge is 0.134 e. The van der Waals surface area contributed by atoms with Gasteiger partial charge in [-0.2, -0.15) is 0 Å². The molecule has 4 heteroatoms. The van der Waals surface area contributed by atoms with Crippen molar-refractivity contribution in [2.45, 2.75) is 52.5 Å². The largest absolute Gasteiger partial charge is 0.370 e. The maximum atomic E-state index is 4.69. The number of nitrogens with one attached hydrogen (secondary N) is 1. The Morgan fingerprint density at radius 2 is 2.11 bits per heavy atom. The molecule has 2 heterocycles. The van der Waals surface area contributed by atoms with Gasteiger partial charge in [-0.15, -0.1) is 0 Å². The normalized spacial score (nSPS) is 18.1. The lowest BCUT2D eigenvalue weighted by atomic mass is 10.0. The second kappa shape index (κ2) is 5.12. The summed E-state index contributed by atoms with van der Waals surface area (Å²) in [5, 5.41) is 3.30. The molecule has 0 amide bonds. The van der Waals surface area contributed by atoms with Crippen molar-refractivity contribution >= 4 is 11.6 Å². The number of hydrogen-bond donors (Lipinski definition) is 1. The highest BCUT2D eigenvalue weighted by Gasteiger charge is 2.33. The predicted octanol–water partition coefficient (Wildman–Crippen LogP) is 2.85. The summed E-state index contributed by atoms with van der Waals surface area (Å²) < 4.78 is 0. The Morgan fingerprint density at radius 3 is 2.67 bits per heavy atom. The minimum atomic E-state index is 0.211. The molecule has 0 unspecified atom stereocenters. The predicted molar refractivity (Wildman–Crippen MR) is 76.2 cm³/mol. The van der Waals surface area contributed by atoms with Crippen LogP contribution in [0, 0.1) is 0 Å². The molecule has 0 atom stereocenters. The van der Waals surface area contributed by atoms with Gasteiger partial charge in [0.25, 0.3) is 0 Å². The zero-order chi connectivity index (χ0) is 13.2. The van der Waals surface area contributed by atoms with Gasteiger partial charge in [0.15, 0.2) is 0 Å². The van der Waals surface area contributed by atoms with Crippen LogP contribution in [0.15, 0.2) is 6.07 Å². The molecular formula is C14H24N4. The molecule has 0 radical (unpaired) electrons. The van der Waals surface area contributed by atoms with E-state index in [2.05, 4.69) is 53.9 Å². The maximum absolute atomic E-state index is 4.69. The van der Waals surface area contributed by atoms with Crippen LogP contribution in [0.2, 0.25) is 0 Å². The minimum Gasteiger partial charge on any atom is -0.370 e. The SMILES string of the molecule is CCNc1cc(N2CCCC2(C)C)nc(CC)n1. The summed E-state index contributed by atoms with van der Waals surface area (Å²) in [4.78, 5) is 11.6. The van der Waals surface area contributed by atoms with Crippen molar-refractivity contribution < 1.29 is 0 Å². The fraction of sp³-hybridized carbons (Fsp3) is 0.714. The lowest BCUT2D eigenvalue weighted by Gasteiger charge is -2.33. The van der Waals surface area contributed by atoms with Crippen LogP contribution in [0.25, 0.3) is 0 Å². The molecule has 1 N–H and O–H groups in total. The van der Waals surface area contributed by atoms with Gasteiger partial charge in [0.2, 0.25) is 0 Å². The Bertz CT molecular complexity index is 414. The first-order valence-corrected chi connectivity index (χ1v) is 6.96. The first-order valence-electron chi connectivity index (χ1n) is 6.96. The quantitative estimate of drug-likeness (QED) is 0.889. The molecule has 1 aliphatic heterocycles. The van der Waals surface area contributed by atoms with E-state index in [1.54, 1.807) is 0 Å². The fourth-order valence-electron chi connectivity index (χ4n) is 2.58. The Hall–Kier alpha value is -1.32. The standard InChI is InChI=1S/C14H24N4/c1-5-11-16-12(15-6-2)10-13(17-11)18-9-7-8-14(18,3)4/h10H,5-9H2,1-4H3,(H,15,16,17). The zero-order valence-corrected chi connectivity index (χ0v) is 12.0. The first kappa shape index (κ1) is 13.1. The van der Waals surface area contributed by atoms with E-state index in [1.807, 2.05) is 0 Å². The Labute approximate surface area is 110 Å². The van der Waals surface area contributed by atoms with Crippen LogP contribution in [0.4, 0.5) is 11.6 Å². The third-order valence-corrected chi connectivity index (χ3v) is 3.61. The summed E-state index contributed by atoms with van der Waals surface area (Å²) in [6.45, 7) is 10.8. The highest BCUT2D eigenvalue weighted by molar-refractivity contribution is 5.51. The van der Waals surface area contributed by atoms with Gasteiger partial charge in [0.05, 0.1) is 0 Å². The van der Waals surface area contributed by atoms with E-state index >= 15 is 0 Å². The van der Waals surface area contributed by atoms with Crippen LogP contribution < -0.4 is 10.2 Å².